The molecule has 154 valence electrons. The lowest BCUT2D eigenvalue weighted by Gasteiger charge is -2.20. The number of hydrogen-bond donors (Lipinski definition) is 0. The predicted molar refractivity (Wildman–Crippen MR) is 108 cm³/mol. The van der Waals surface area contributed by atoms with Crippen LogP contribution in [-0.4, -0.2) is 44.4 Å². The summed E-state index contributed by atoms with van der Waals surface area (Å²) in [7, 11) is 1.67. The standard InChI is InChI=1S/C23H32O5/c1-17-11-14-26-20(15-17)9-10-21-22(28-23(2,3)27-21)12-13-25-16-18-5-7-19(24-4)8-6-18/h5-11,20-22H,12-16H2,1-4H3/b10-9+/t20-,21+,22+/m1/s1. The Morgan fingerprint density at radius 3 is 2.64 bits per heavy atom. The highest BCUT2D eigenvalue weighted by atomic mass is 16.7. The van der Waals surface area contributed by atoms with E-state index in [0.29, 0.717) is 19.8 Å². The van der Waals surface area contributed by atoms with Crippen molar-refractivity contribution >= 4 is 0 Å². The van der Waals surface area contributed by atoms with E-state index in [-0.39, 0.29) is 18.3 Å². The van der Waals surface area contributed by atoms with Crippen LogP contribution >= 0.6 is 0 Å². The van der Waals surface area contributed by atoms with Crippen LogP contribution in [0.15, 0.2) is 48.1 Å². The Hall–Kier alpha value is -1.66. The van der Waals surface area contributed by atoms with Crippen LogP contribution in [0.25, 0.3) is 0 Å². The van der Waals surface area contributed by atoms with Crippen molar-refractivity contribution in [2.24, 2.45) is 0 Å². The van der Waals surface area contributed by atoms with E-state index in [1.807, 2.05) is 38.1 Å². The molecule has 0 unspecified atom stereocenters. The molecule has 3 atom stereocenters. The molecule has 0 amide bonds. The van der Waals surface area contributed by atoms with Gasteiger partial charge in [-0.3, -0.25) is 0 Å². The van der Waals surface area contributed by atoms with Gasteiger partial charge in [0.2, 0.25) is 0 Å². The first-order valence-electron chi connectivity index (χ1n) is 9.97. The van der Waals surface area contributed by atoms with Crippen molar-refractivity contribution in [3.05, 3.63) is 53.6 Å². The molecule has 0 saturated carbocycles. The lowest BCUT2D eigenvalue weighted by Crippen LogP contribution is -2.23. The van der Waals surface area contributed by atoms with Gasteiger partial charge in [0.05, 0.1) is 32.5 Å². The minimum Gasteiger partial charge on any atom is -0.497 e. The summed E-state index contributed by atoms with van der Waals surface area (Å²) in [5.74, 6) is 0.267. The number of rotatable bonds is 8. The fourth-order valence-electron chi connectivity index (χ4n) is 3.49. The molecule has 28 heavy (non-hydrogen) atoms. The highest BCUT2D eigenvalue weighted by molar-refractivity contribution is 5.26. The van der Waals surface area contributed by atoms with Crippen LogP contribution in [0.1, 0.15) is 39.2 Å². The molecule has 0 N–H and O–H groups in total. The summed E-state index contributed by atoms with van der Waals surface area (Å²) in [4.78, 5) is 0. The Bertz CT molecular complexity index is 677. The van der Waals surface area contributed by atoms with Gasteiger partial charge >= 0.3 is 0 Å². The highest BCUT2D eigenvalue weighted by Crippen LogP contribution is 2.31. The van der Waals surface area contributed by atoms with Crippen molar-refractivity contribution < 1.29 is 23.7 Å². The van der Waals surface area contributed by atoms with Gasteiger partial charge in [0.1, 0.15) is 11.9 Å². The number of methoxy groups -OCH3 is 1. The third kappa shape index (κ3) is 6.17. The molecule has 3 rings (SSSR count). The minimum absolute atomic E-state index is 0.0256. The third-order valence-electron chi connectivity index (χ3n) is 4.98. The molecule has 5 nitrogen and oxygen atoms in total. The molecule has 0 spiro atoms. The Morgan fingerprint density at radius 2 is 1.93 bits per heavy atom. The summed E-state index contributed by atoms with van der Waals surface area (Å²) >= 11 is 0. The molecular formula is C23H32O5. The maximum absolute atomic E-state index is 6.08. The number of benzene rings is 1. The lowest BCUT2D eigenvalue weighted by molar-refractivity contribution is -0.144. The van der Waals surface area contributed by atoms with Gasteiger partial charge in [-0.15, -0.1) is 0 Å². The van der Waals surface area contributed by atoms with Crippen molar-refractivity contribution in [2.45, 2.75) is 64.3 Å². The van der Waals surface area contributed by atoms with Crippen LogP contribution in [0, 0.1) is 0 Å². The van der Waals surface area contributed by atoms with Gasteiger partial charge in [-0.05, 0) is 51.3 Å². The van der Waals surface area contributed by atoms with Gasteiger partial charge in [-0.1, -0.05) is 35.9 Å². The zero-order chi connectivity index (χ0) is 20.0. The van der Waals surface area contributed by atoms with Crippen LogP contribution < -0.4 is 4.74 Å². The SMILES string of the molecule is COc1ccc(COCC[C@@H]2OC(C)(C)O[C@H]2/C=C/[C@@H]2CC(C)=CCO2)cc1. The predicted octanol–water partition coefficient (Wildman–Crippen LogP) is 4.41. The largest absolute Gasteiger partial charge is 0.497 e. The highest BCUT2D eigenvalue weighted by Gasteiger charge is 2.39. The van der Waals surface area contributed by atoms with Crippen LogP contribution in [0.4, 0.5) is 0 Å². The van der Waals surface area contributed by atoms with Crippen molar-refractivity contribution in [1.82, 2.24) is 0 Å². The molecule has 2 aliphatic heterocycles. The van der Waals surface area contributed by atoms with Crippen LogP contribution in [0.3, 0.4) is 0 Å². The number of ether oxygens (including phenoxy) is 5. The first-order chi connectivity index (χ1) is 13.4. The van der Waals surface area contributed by atoms with Gasteiger partial charge in [0, 0.05) is 6.61 Å². The molecular weight excluding hydrogens is 356 g/mol. The second kappa shape index (κ2) is 9.70. The van der Waals surface area contributed by atoms with Gasteiger partial charge in [-0.25, -0.2) is 0 Å². The zero-order valence-corrected chi connectivity index (χ0v) is 17.4. The van der Waals surface area contributed by atoms with Crippen LogP contribution in [0.5, 0.6) is 5.75 Å². The zero-order valence-electron chi connectivity index (χ0n) is 17.4. The Balaban J connectivity index is 1.47. The minimum atomic E-state index is -0.584. The Kier molecular flexibility index (Phi) is 7.30. The third-order valence-corrected chi connectivity index (χ3v) is 4.98. The van der Waals surface area contributed by atoms with E-state index in [9.17, 15) is 0 Å². The molecule has 0 radical (unpaired) electrons. The van der Waals surface area contributed by atoms with Crippen LogP contribution in [-0.2, 0) is 25.6 Å². The first-order valence-corrected chi connectivity index (χ1v) is 9.97. The summed E-state index contributed by atoms with van der Waals surface area (Å²) in [6.45, 7) is 7.92. The van der Waals surface area contributed by atoms with Gasteiger partial charge in [0.15, 0.2) is 5.79 Å². The molecule has 1 aromatic rings. The first kappa shape index (κ1) is 21.1. The lowest BCUT2D eigenvalue weighted by atomic mass is 10.0. The topological polar surface area (TPSA) is 46.2 Å². The summed E-state index contributed by atoms with van der Waals surface area (Å²) in [5.41, 5.74) is 2.49. The molecule has 5 heteroatoms. The van der Waals surface area contributed by atoms with Crippen molar-refractivity contribution in [1.29, 1.82) is 0 Å². The maximum Gasteiger partial charge on any atom is 0.164 e. The second-order valence-corrected chi connectivity index (χ2v) is 7.84. The van der Waals surface area contributed by atoms with Gasteiger partial charge in [-0.2, -0.15) is 0 Å². The maximum atomic E-state index is 6.08. The Labute approximate surface area is 168 Å². The molecule has 2 heterocycles. The molecule has 1 aromatic carbocycles. The quantitative estimate of drug-likeness (QED) is 0.487. The van der Waals surface area contributed by atoms with Crippen molar-refractivity contribution in [3.63, 3.8) is 0 Å². The van der Waals surface area contributed by atoms with Gasteiger partial charge in [0.25, 0.3) is 0 Å². The molecule has 2 aliphatic rings. The monoisotopic (exact) mass is 388 g/mol. The van der Waals surface area contributed by atoms with Crippen molar-refractivity contribution in [3.8, 4) is 5.75 Å². The van der Waals surface area contributed by atoms with E-state index in [4.69, 9.17) is 23.7 Å². The summed E-state index contributed by atoms with van der Waals surface area (Å²) in [5, 5.41) is 0. The average Bonchev–Trinajstić information content (AvgIpc) is 2.98. The molecule has 0 aliphatic carbocycles. The fraction of sp³-hybridized carbons (Fsp3) is 0.565. The number of hydrogen-bond acceptors (Lipinski definition) is 5. The smallest absolute Gasteiger partial charge is 0.164 e. The van der Waals surface area contributed by atoms with E-state index in [2.05, 4.69) is 25.2 Å². The van der Waals surface area contributed by atoms with E-state index in [1.165, 1.54) is 5.57 Å². The summed E-state index contributed by atoms with van der Waals surface area (Å²) < 4.78 is 28.9. The normalized spacial score (nSPS) is 27.1. The van der Waals surface area contributed by atoms with E-state index in [0.717, 1.165) is 24.2 Å². The molecule has 0 aromatic heterocycles. The van der Waals surface area contributed by atoms with E-state index in [1.54, 1.807) is 7.11 Å². The summed E-state index contributed by atoms with van der Waals surface area (Å²) in [6, 6.07) is 7.92. The second-order valence-electron chi connectivity index (χ2n) is 7.84. The molecule has 0 bridgehead atoms. The molecule has 1 fully saturated rings. The Morgan fingerprint density at radius 1 is 1.14 bits per heavy atom. The van der Waals surface area contributed by atoms with Crippen molar-refractivity contribution in [2.75, 3.05) is 20.3 Å². The summed E-state index contributed by atoms with van der Waals surface area (Å²) in [6.07, 6.45) is 8.04. The van der Waals surface area contributed by atoms with Gasteiger partial charge < -0.3 is 23.7 Å². The van der Waals surface area contributed by atoms with E-state index < -0.39 is 5.79 Å². The van der Waals surface area contributed by atoms with E-state index >= 15 is 0 Å². The average molecular weight is 389 g/mol. The fourth-order valence-corrected chi connectivity index (χ4v) is 3.49. The molecule has 1 saturated heterocycles. The van der Waals surface area contributed by atoms with Crippen LogP contribution in [0.2, 0.25) is 0 Å².